The molecule has 1 heterocycles. The van der Waals surface area contributed by atoms with E-state index in [-0.39, 0.29) is 18.0 Å². The van der Waals surface area contributed by atoms with Crippen molar-refractivity contribution in [3.05, 3.63) is 53.2 Å². The minimum atomic E-state index is -3.78. The summed E-state index contributed by atoms with van der Waals surface area (Å²) in [5.41, 5.74) is 4.43. The van der Waals surface area contributed by atoms with E-state index < -0.39 is 16.3 Å². The number of phenolic OH excluding ortho intramolecular Hbond substituents is 1. The first-order chi connectivity index (χ1) is 16.7. The highest BCUT2D eigenvalue weighted by Gasteiger charge is 2.18. The van der Waals surface area contributed by atoms with Crippen molar-refractivity contribution in [3.8, 4) is 11.5 Å². The van der Waals surface area contributed by atoms with Crippen molar-refractivity contribution in [1.82, 2.24) is 14.6 Å². The van der Waals surface area contributed by atoms with Crippen LogP contribution in [0.5, 0.6) is 11.5 Å². The number of fused-ring (bicyclic) bond motifs is 3. The Hall–Kier alpha value is -2.79. The van der Waals surface area contributed by atoms with Gasteiger partial charge in [0.2, 0.25) is 0 Å². The fraction of sp³-hybridized carbons (Fsp3) is 0.440. The van der Waals surface area contributed by atoms with Crippen LogP contribution in [0.4, 0.5) is 5.69 Å². The molecule has 0 spiro atoms. The van der Waals surface area contributed by atoms with Gasteiger partial charge < -0.3 is 25.3 Å². The minimum Gasteiger partial charge on any atom is -0.506 e. The van der Waals surface area contributed by atoms with Crippen LogP contribution in [0.15, 0.2) is 36.4 Å². The van der Waals surface area contributed by atoms with Crippen LogP contribution in [0.1, 0.15) is 42.2 Å². The van der Waals surface area contributed by atoms with Crippen molar-refractivity contribution < 1.29 is 23.4 Å². The topological polar surface area (TPSA) is 127 Å². The number of aromatic hydroxyl groups is 1. The molecule has 35 heavy (non-hydrogen) atoms. The van der Waals surface area contributed by atoms with Crippen LogP contribution in [0.3, 0.4) is 0 Å². The highest BCUT2D eigenvalue weighted by molar-refractivity contribution is 7.90. The van der Waals surface area contributed by atoms with E-state index in [9.17, 15) is 18.6 Å². The van der Waals surface area contributed by atoms with Crippen molar-refractivity contribution >= 4 is 26.8 Å². The summed E-state index contributed by atoms with van der Waals surface area (Å²) >= 11 is 0. The van der Waals surface area contributed by atoms with Gasteiger partial charge in [-0.15, -0.1) is 0 Å². The van der Waals surface area contributed by atoms with E-state index in [1.807, 2.05) is 6.07 Å². The Labute approximate surface area is 206 Å². The quantitative estimate of drug-likeness (QED) is 0.165. The first-order valence-electron chi connectivity index (χ1n) is 11.9. The lowest BCUT2D eigenvalue weighted by Crippen LogP contribution is -2.29. The Balaban J connectivity index is 1.29. The number of H-pyrrole nitrogens is 1. The number of rotatable bonds is 10. The van der Waals surface area contributed by atoms with Gasteiger partial charge in [0.25, 0.3) is 0 Å². The highest BCUT2D eigenvalue weighted by Crippen LogP contribution is 2.31. The summed E-state index contributed by atoms with van der Waals surface area (Å²) in [7, 11) is -1.01. The summed E-state index contributed by atoms with van der Waals surface area (Å²) in [6, 6.07) is 10.5. The van der Waals surface area contributed by atoms with E-state index in [2.05, 4.69) is 27.2 Å². The molecule has 190 valence electrons. The molecule has 4 rings (SSSR count). The van der Waals surface area contributed by atoms with Gasteiger partial charge in [-0.2, -0.15) is 12.7 Å². The molecule has 0 saturated heterocycles. The summed E-state index contributed by atoms with van der Waals surface area (Å²) in [5.74, 6) is 0.603. The SMILES string of the molecule is CN(C)S(=O)(=O)Nc1cc([C@@H](O)CNCCOc2ccc3[nH]c4c(c3c2)CCCCC4)ccc1O. The van der Waals surface area contributed by atoms with Gasteiger partial charge in [-0.25, -0.2) is 0 Å². The number of aromatic amines is 1. The average molecular weight is 503 g/mol. The monoisotopic (exact) mass is 502 g/mol. The third-order valence-corrected chi connectivity index (χ3v) is 7.77. The first-order valence-corrected chi connectivity index (χ1v) is 13.4. The minimum absolute atomic E-state index is 0.0108. The maximum Gasteiger partial charge on any atom is 0.301 e. The molecule has 0 radical (unpaired) electrons. The van der Waals surface area contributed by atoms with Gasteiger partial charge in [0.1, 0.15) is 18.1 Å². The van der Waals surface area contributed by atoms with Crippen molar-refractivity contribution in [1.29, 1.82) is 0 Å². The second kappa shape index (κ2) is 10.9. The molecule has 1 aliphatic carbocycles. The summed E-state index contributed by atoms with van der Waals surface area (Å²) < 4.78 is 33.3. The van der Waals surface area contributed by atoms with Crippen LogP contribution in [-0.4, -0.2) is 61.7 Å². The normalized spacial score (nSPS) is 15.1. The van der Waals surface area contributed by atoms with Gasteiger partial charge in [-0.1, -0.05) is 12.5 Å². The second-order valence-corrected chi connectivity index (χ2v) is 11.0. The van der Waals surface area contributed by atoms with Gasteiger partial charge in [0.15, 0.2) is 0 Å². The first kappa shape index (κ1) is 25.3. The van der Waals surface area contributed by atoms with Crippen LogP contribution < -0.4 is 14.8 Å². The van der Waals surface area contributed by atoms with E-state index in [1.54, 1.807) is 6.07 Å². The van der Waals surface area contributed by atoms with E-state index >= 15 is 0 Å². The van der Waals surface area contributed by atoms with Crippen molar-refractivity contribution in [2.75, 3.05) is 38.5 Å². The van der Waals surface area contributed by atoms with E-state index in [1.165, 1.54) is 62.1 Å². The predicted molar refractivity (Wildman–Crippen MR) is 137 cm³/mol. The largest absolute Gasteiger partial charge is 0.506 e. The number of phenols is 1. The van der Waals surface area contributed by atoms with Crippen molar-refractivity contribution in [2.24, 2.45) is 0 Å². The van der Waals surface area contributed by atoms with Gasteiger partial charge in [0, 0.05) is 43.8 Å². The standard InChI is InChI=1S/C25H34N4O5S/c1-29(2)35(32,33)28-23-14-17(8-11-24(23)30)25(31)16-26-12-13-34-18-9-10-22-20(15-18)19-6-4-3-5-7-21(19)27-22/h8-11,14-15,25-28,30-31H,3-7,12-13,16H2,1-2H3/t25-/m0/s1. The molecule has 5 N–H and O–H groups in total. The molecule has 1 aromatic heterocycles. The maximum absolute atomic E-state index is 12.1. The number of aryl methyl sites for hydroxylation is 2. The summed E-state index contributed by atoms with van der Waals surface area (Å²) in [4.78, 5) is 3.56. The highest BCUT2D eigenvalue weighted by atomic mass is 32.2. The number of hydrogen-bond donors (Lipinski definition) is 5. The van der Waals surface area contributed by atoms with Crippen LogP contribution >= 0.6 is 0 Å². The van der Waals surface area contributed by atoms with Gasteiger partial charge in [-0.3, -0.25) is 4.72 Å². The zero-order valence-corrected chi connectivity index (χ0v) is 21.0. The number of anilines is 1. The van der Waals surface area contributed by atoms with Crippen molar-refractivity contribution in [2.45, 2.75) is 38.2 Å². The molecule has 0 unspecified atom stereocenters. The molecule has 0 aliphatic heterocycles. The molecule has 0 amide bonds. The Morgan fingerprint density at radius 3 is 2.71 bits per heavy atom. The van der Waals surface area contributed by atoms with Crippen LogP contribution in [-0.2, 0) is 23.1 Å². The number of aliphatic hydroxyl groups excluding tert-OH is 1. The molecule has 9 nitrogen and oxygen atoms in total. The van der Waals surface area contributed by atoms with Crippen LogP contribution in [0.25, 0.3) is 10.9 Å². The Morgan fingerprint density at radius 2 is 1.91 bits per heavy atom. The Kier molecular flexibility index (Phi) is 7.85. The summed E-state index contributed by atoms with van der Waals surface area (Å²) in [5, 5.41) is 24.9. The molecule has 1 atom stereocenters. The zero-order chi connectivity index (χ0) is 25.0. The fourth-order valence-electron chi connectivity index (χ4n) is 4.32. The molecular weight excluding hydrogens is 468 g/mol. The van der Waals surface area contributed by atoms with Gasteiger partial charge >= 0.3 is 10.2 Å². The lowest BCUT2D eigenvalue weighted by molar-refractivity contribution is 0.172. The predicted octanol–water partition coefficient (Wildman–Crippen LogP) is 3.06. The fourth-order valence-corrected chi connectivity index (χ4v) is 4.95. The molecule has 0 saturated carbocycles. The molecule has 0 bridgehead atoms. The number of benzene rings is 2. The number of nitrogens with zero attached hydrogens (tertiary/aromatic N) is 1. The average Bonchev–Trinajstić information content (AvgIpc) is 2.99. The molecule has 0 fully saturated rings. The molecular formula is C25H34N4O5S. The lowest BCUT2D eigenvalue weighted by Gasteiger charge is -2.17. The summed E-state index contributed by atoms with van der Waals surface area (Å²) in [6.45, 7) is 1.21. The van der Waals surface area contributed by atoms with Gasteiger partial charge in [0.05, 0.1) is 11.8 Å². The third-order valence-electron chi connectivity index (χ3n) is 6.33. The molecule has 1 aliphatic rings. The molecule has 2 aromatic carbocycles. The van der Waals surface area contributed by atoms with E-state index in [4.69, 9.17) is 4.74 Å². The number of nitrogens with one attached hydrogen (secondary N) is 3. The molecule has 10 heteroatoms. The third kappa shape index (κ3) is 6.07. The Bertz CT molecular complexity index is 1270. The maximum atomic E-state index is 12.1. The second-order valence-electron chi connectivity index (χ2n) is 9.08. The Morgan fingerprint density at radius 1 is 1.11 bits per heavy atom. The number of aliphatic hydroxyl groups is 1. The molecule has 3 aromatic rings. The smallest absolute Gasteiger partial charge is 0.301 e. The van der Waals surface area contributed by atoms with E-state index in [0.29, 0.717) is 18.7 Å². The number of aromatic nitrogens is 1. The lowest BCUT2D eigenvalue weighted by atomic mass is 10.1. The number of ether oxygens (including phenoxy) is 1. The summed E-state index contributed by atoms with van der Waals surface area (Å²) in [6.07, 6.45) is 5.06. The van der Waals surface area contributed by atoms with Gasteiger partial charge in [-0.05, 0) is 67.1 Å². The zero-order valence-electron chi connectivity index (χ0n) is 20.2. The van der Waals surface area contributed by atoms with E-state index in [0.717, 1.165) is 28.4 Å². The van der Waals surface area contributed by atoms with Crippen molar-refractivity contribution in [3.63, 3.8) is 0 Å². The number of hydrogen-bond acceptors (Lipinski definition) is 6. The van der Waals surface area contributed by atoms with Crippen LogP contribution in [0, 0.1) is 0 Å². The van der Waals surface area contributed by atoms with Crippen LogP contribution in [0.2, 0.25) is 0 Å².